The van der Waals surface area contributed by atoms with Crippen molar-refractivity contribution in [1.82, 2.24) is 5.32 Å². The fourth-order valence-electron chi connectivity index (χ4n) is 1.46. The molecule has 0 heterocycles. The number of halogens is 2. The van der Waals surface area contributed by atoms with E-state index in [4.69, 9.17) is 15.2 Å². The van der Waals surface area contributed by atoms with E-state index in [1.165, 1.54) is 6.07 Å². The lowest BCUT2D eigenvalue weighted by molar-refractivity contribution is 0.00472. The third-order valence-electron chi connectivity index (χ3n) is 2.51. The maximum Gasteiger partial charge on any atom is 0.408 e. The molecule has 0 aliphatic heterocycles. The monoisotopic (exact) mass is 314 g/mol. The molecule has 7 heteroatoms. The molecule has 122 valence electrons. The fourth-order valence-corrected chi connectivity index (χ4v) is 1.46. The topological polar surface area (TPSA) is 73.6 Å². The molecule has 0 aliphatic carbocycles. The summed E-state index contributed by atoms with van der Waals surface area (Å²) in [6, 6.07) is 3.20. The normalized spacial score (nSPS) is 11.5. The van der Waals surface area contributed by atoms with Gasteiger partial charge in [0, 0.05) is 19.2 Å². The molecule has 0 spiro atoms. The number of carbonyl (C=O) groups is 1. The summed E-state index contributed by atoms with van der Waals surface area (Å²) in [4.78, 5) is 11.6. The van der Waals surface area contributed by atoms with E-state index in [1.54, 1.807) is 26.0 Å². The van der Waals surface area contributed by atoms with Crippen molar-refractivity contribution in [3.8, 4) is 5.75 Å². The van der Waals surface area contributed by atoms with Crippen molar-refractivity contribution in [2.45, 2.75) is 19.4 Å². The zero-order valence-corrected chi connectivity index (χ0v) is 12.6. The minimum absolute atomic E-state index is 0.00979. The van der Waals surface area contributed by atoms with Crippen LogP contribution < -0.4 is 15.8 Å². The second-order valence-electron chi connectivity index (χ2n) is 5.10. The number of ether oxygens (including phenoxy) is 2. The lowest BCUT2D eigenvalue weighted by Gasteiger charge is -2.25. The molecular weight excluding hydrogens is 294 g/mol. The highest BCUT2D eigenvalue weighted by molar-refractivity contribution is 5.67. The van der Waals surface area contributed by atoms with E-state index < -0.39 is 23.3 Å². The molecule has 22 heavy (non-hydrogen) atoms. The summed E-state index contributed by atoms with van der Waals surface area (Å²) in [6.45, 7) is 3.97. The number of benzene rings is 1. The molecule has 0 saturated heterocycles. The maximum atomic E-state index is 13.0. The molecule has 1 aromatic carbocycles. The van der Waals surface area contributed by atoms with Gasteiger partial charge < -0.3 is 20.5 Å². The van der Waals surface area contributed by atoms with Crippen molar-refractivity contribution in [3.63, 3.8) is 0 Å². The molecule has 1 aromatic rings. The molecule has 3 N–H and O–H groups in total. The Bertz CT molecular complexity index is 534. The van der Waals surface area contributed by atoms with E-state index in [2.05, 4.69) is 5.32 Å². The largest absolute Gasteiger partial charge is 0.489 e. The predicted molar refractivity (Wildman–Crippen MR) is 78.6 cm³/mol. The first-order valence-electron chi connectivity index (χ1n) is 6.74. The van der Waals surface area contributed by atoms with E-state index in [1.807, 2.05) is 0 Å². The van der Waals surface area contributed by atoms with E-state index in [9.17, 15) is 13.6 Å². The number of alkyl carbamates (subject to hydrolysis) is 1. The molecule has 0 bridgehead atoms. The van der Waals surface area contributed by atoms with Crippen LogP contribution in [-0.2, 0) is 4.74 Å². The van der Waals surface area contributed by atoms with Gasteiger partial charge in [-0.1, -0.05) is 12.2 Å². The number of amides is 1. The summed E-state index contributed by atoms with van der Waals surface area (Å²) in [5.41, 5.74) is 4.33. The first kappa shape index (κ1) is 17.9. The van der Waals surface area contributed by atoms with Crippen LogP contribution in [0.3, 0.4) is 0 Å². The van der Waals surface area contributed by atoms with E-state index in [0.717, 1.165) is 12.1 Å². The van der Waals surface area contributed by atoms with Gasteiger partial charge in [-0.15, -0.1) is 0 Å². The van der Waals surface area contributed by atoms with E-state index in [0.29, 0.717) is 13.1 Å². The van der Waals surface area contributed by atoms with Crippen LogP contribution in [0.1, 0.15) is 13.8 Å². The molecule has 0 aliphatic rings. The van der Waals surface area contributed by atoms with Gasteiger partial charge in [-0.2, -0.15) is 0 Å². The van der Waals surface area contributed by atoms with Crippen molar-refractivity contribution in [1.29, 1.82) is 0 Å². The highest BCUT2D eigenvalue weighted by Crippen LogP contribution is 2.18. The summed E-state index contributed by atoms with van der Waals surface area (Å²) < 4.78 is 36.3. The predicted octanol–water partition coefficient (Wildman–Crippen LogP) is 2.36. The summed E-state index contributed by atoms with van der Waals surface area (Å²) in [5, 5.41) is 2.52. The molecular formula is C15H20F2N2O3. The lowest BCUT2D eigenvalue weighted by Crippen LogP contribution is -2.39. The zero-order chi connectivity index (χ0) is 16.6. The molecule has 0 aromatic heterocycles. The molecule has 0 unspecified atom stereocenters. The van der Waals surface area contributed by atoms with Gasteiger partial charge in [-0.25, -0.2) is 13.6 Å². The molecule has 1 amide bonds. The molecule has 1 rings (SSSR count). The minimum Gasteiger partial charge on any atom is -0.489 e. The van der Waals surface area contributed by atoms with Crippen LogP contribution in [0.4, 0.5) is 13.6 Å². The molecule has 0 saturated carbocycles. The SMILES string of the molecule is CC(C)(COc1ccc(F)c(F)c1)OC(=O)NC/C=C/CN. The second kappa shape index (κ2) is 8.33. The molecule has 0 atom stereocenters. The number of rotatable bonds is 7. The Kier molecular flexibility index (Phi) is 6.78. The van der Waals surface area contributed by atoms with Crippen LogP contribution in [0.15, 0.2) is 30.4 Å². The van der Waals surface area contributed by atoms with Crippen LogP contribution in [0.25, 0.3) is 0 Å². The first-order chi connectivity index (χ1) is 10.3. The third kappa shape index (κ3) is 6.53. The highest BCUT2D eigenvalue weighted by Gasteiger charge is 2.24. The average molecular weight is 314 g/mol. The van der Waals surface area contributed by atoms with Gasteiger partial charge >= 0.3 is 6.09 Å². The second-order valence-corrected chi connectivity index (χ2v) is 5.10. The number of carbonyl (C=O) groups excluding carboxylic acids is 1. The number of hydrogen-bond donors (Lipinski definition) is 2. The van der Waals surface area contributed by atoms with Gasteiger partial charge in [0.15, 0.2) is 11.6 Å². The van der Waals surface area contributed by atoms with E-state index in [-0.39, 0.29) is 12.4 Å². The zero-order valence-electron chi connectivity index (χ0n) is 12.6. The third-order valence-corrected chi connectivity index (χ3v) is 2.51. The summed E-state index contributed by atoms with van der Waals surface area (Å²) >= 11 is 0. The Morgan fingerprint density at radius 3 is 2.68 bits per heavy atom. The van der Waals surface area contributed by atoms with E-state index >= 15 is 0 Å². The highest BCUT2D eigenvalue weighted by atomic mass is 19.2. The number of hydrogen-bond acceptors (Lipinski definition) is 4. The van der Waals surface area contributed by atoms with Gasteiger partial charge in [0.25, 0.3) is 0 Å². The van der Waals surface area contributed by atoms with Gasteiger partial charge in [0.2, 0.25) is 0 Å². The molecule has 0 radical (unpaired) electrons. The Morgan fingerprint density at radius 1 is 1.32 bits per heavy atom. The quantitative estimate of drug-likeness (QED) is 0.758. The standard InChI is InChI=1S/C15H20F2N2O3/c1-15(2,22-14(20)19-8-4-3-7-18)10-21-11-5-6-12(16)13(17)9-11/h3-6,9H,7-8,10,18H2,1-2H3,(H,19,20)/b4-3+. The average Bonchev–Trinajstić information content (AvgIpc) is 2.44. The Morgan fingerprint density at radius 2 is 2.05 bits per heavy atom. The number of nitrogens with one attached hydrogen (secondary N) is 1. The Balaban J connectivity index is 2.43. The van der Waals surface area contributed by atoms with Crippen LogP contribution in [0, 0.1) is 11.6 Å². The van der Waals surface area contributed by atoms with Crippen LogP contribution in [0.2, 0.25) is 0 Å². The fraction of sp³-hybridized carbons (Fsp3) is 0.400. The van der Waals surface area contributed by atoms with Crippen molar-refractivity contribution in [2.75, 3.05) is 19.7 Å². The summed E-state index contributed by atoms with van der Waals surface area (Å²) in [5.74, 6) is -1.80. The number of nitrogens with two attached hydrogens (primary N) is 1. The Labute approximate surface area is 128 Å². The van der Waals surface area contributed by atoms with Crippen molar-refractivity contribution in [3.05, 3.63) is 42.0 Å². The van der Waals surface area contributed by atoms with Gasteiger partial charge in [0.1, 0.15) is 18.0 Å². The first-order valence-corrected chi connectivity index (χ1v) is 6.74. The van der Waals surface area contributed by atoms with Crippen molar-refractivity contribution >= 4 is 6.09 Å². The lowest BCUT2D eigenvalue weighted by atomic mass is 10.1. The Hall–Kier alpha value is -2.15. The smallest absolute Gasteiger partial charge is 0.408 e. The molecule has 5 nitrogen and oxygen atoms in total. The van der Waals surface area contributed by atoms with Crippen molar-refractivity contribution < 1.29 is 23.0 Å². The van der Waals surface area contributed by atoms with Crippen LogP contribution >= 0.6 is 0 Å². The van der Waals surface area contributed by atoms with Gasteiger partial charge in [0.05, 0.1) is 0 Å². The van der Waals surface area contributed by atoms with Crippen LogP contribution in [0.5, 0.6) is 5.75 Å². The van der Waals surface area contributed by atoms with Gasteiger partial charge in [-0.05, 0) is 26.0 Å². The summed E-state index contributed by atoms with van der Waals surface area (Å²) in [7, 11) is 0. The van der Waals surface area contributed by atoms with Gasteiger partial charge in [-0.3, -0.25) is 0 Å². The van der Waals surface area contributed by atoms with Crippen LogP contribution in [-0.4, -0.2) is 31.4 Å². The minimum atomic E-state index is -0.999. The summed E-state index contributed by atoms with van der Waals surface area (Å²) in [6.07, 6.45) is 2.80. The van der Waals surface area contributed by atoms with Crippen molar-refractivity contribution in [2.24, 2.45) is 5.73 Å². The molecule has 0 fully saturated rings. The maximum absolute atomic E-state index is 13.0.